The van der Waals surface area contributed by atoms with Crippen molar-refractivity contribution in [3.8, 4) is 5.75 Å². The number of pyridine rings is 1. The zero-order chi connectivity index (χ0) is 18.4. The fourth-order valence-electron chi connectivity index (χ4n) is 2.70. The van der Waals surface area contributed by atoms with E-state index in [1.54, 1.807) is 25.4 Å². The summed E-state index contributed by atoms with van der Waals surface area (Å²) in [5.41, 5.74) is 3.06. The number of hydrogen-bond donors (Lipinski definition) is 1. The van der Waals surface area contributed by atoms with Crippen LogP contribution < -0.4 is 15.0 Å². The van der Waals surface area contributed by atoms with Crippen molar-refractivity contribution in [1.29, 1.82) is 0 Å². The third kappa shape index (κ3) is 4.00. The van der Waals surface area contributed by atoms with Crippen LogP contribution in [0.15, 0.2) is 72.9 Å². The predicted octanol–water partition coefficient (Wildman–Crippen LogP) is 4.50. The number of hydrogen-bond acceptors (Lipinski definition) is 4. The van der Waals surface area contributed by atoms with Gasteiger partial charge in [-0.1, -0.05) is 24.3 Å². The fourth-order valence-corrected chi connectivity index (χ4v) is 2.70. The second-order valence-corrected chi connectivity index (χ2v) is 5.67. The van der Waals surface area contributed by atoms with E-state index in [0.717, 1.165) is 17.9 Å². The largest absolute Gasteiger partial charge is 0.497 e. The van der Waals surface area contributed by atoms with E-state index in [0.29, 0.717) is 17.1 Å². The minimum atomic E-state index is -0.257. The number of carbonyl (C=O) groups is 1. The second-order valence-electron chi connectivity index (χ2n) is 5.67. The molecule has 3 aromatic rings. The predicted molar refractivity (Wildman–Crippen MR) is 104 cm³/mol. The lowest BCUT2D eigenvalue weighted by Gasteiger charge is -2.22. The Morgan fingerprint density at radius 3 is 2.50 bits per heavy atom. The summed E-state index contributed by atoms with van der Waals surface area (Å²) < 4.78 is 5.17. The molecule has 1 heterocycles. The van der Waals surface area contributed by atoms with Crippen molar-refractivity contribution in [3.05, 3.63) is 78.6 Å². The molecule has 2 aromatic carbocycles. The van der Waals surface area contributed by atoms with Gasteiger partial charge < -0.3 is 15.0 Å². The van der Waals surface area contributed by atoms with Gasteiger partial charge in [-0.25, -0.2) is 4.98 Å². The minimum absolute atomic E-state index is 0.257. The number of benzene rings is 2. The highest BCUT2D eigenvalue weighted by Gasteiger charge is 2.11. The molecular formula is C21H21N3O2. The Hall–Kier alpha value is -3.34. The summed E-state index contributed by atoms with van der Waals surface area (Å²) in [4.78, 5) is 18.9. The molecule has 0 aliphatic rings. The summed E-state index contributed by atoms with van der Waals surface area (Å²) in [6, 6.07) is 20.9. The Morgan fingerprint density at radius 1 is 1.04 bits per heavy atom. The number of carbonyl (C=O) groups excluding carboxylic acids is 1. The summed E-state index contributed by atoms with van der Waals surface area (Å²) in [5.74, 6) is 0.431. The number of aromatic nitrogens is 1. The Balaban J connectivity index is 1.75. The molecule has 1 aromatic heterocycles. The molecule has 0 bridgehead atoms. The lowest BCUT2D eigenvalue weighted by Crippen LogP contribution is -2.17. The van der Waals surface area contributed by atoms with E-state index in [-0.39, 0.29) is 5.91 Å². The van der Waals surface area contributed by atoms with Crippen LogP contribution in [0.2, 0.25) is 0 Å². The molecular weight excluding hydrogens is 326 g/mol. The molecule has 0 radical (unpaired) electrons. The first-order chi connectivity index (χ1) is 12.7. The maximum atomic E-state index is 12.4. The molecule has 0 spiro atoms. The number of anilines is 3. The lowest BCUT2D eigenvalue weighted by molar-refractivity contribution is 0.102. The second kappa shape index (κ2) is 8.16. The van der Waals surface area contributed by atoms with Crippen LogP contribution in [0.25, 0.3) is 0 Å². The number of nitrogens with zero attached hydrogens (tertiary/aromatic N) is 2. The Kier molecular flexibility index (Phi) is 5.49. The molecule has 132 valence electrons. The molecule has 0 atom stereocenters. The molecule has 1 N–H and O–H groups in total. The van der Waals surface area contributed by atoms with Crippen LogP contribution in [-0.4, -0.2) is 24.5 Å². The number of para-hydroxylation sites is 1. The first kappa shape index (κ1) is 17.5. The molecule has 0 aliphatic heterocycles. The van der Waals surface area contributed by atoms with Gasteiger partial charge in [0, 0.05) is 24.0 Å². The van der Waals surface area contributed by atoms with Gasteiger partial charge >= 0.3 is 0 Å². The minimum Gasteiger partial charge on any atom is -0.497 e. The molecule has 5 heteroatoms. The van der Waals surface area contributed by atoms with E-state index in [4.69, 9.17) is 4.74 Å². The maximum absolute atomic E-state index is 12.4. The number of amides is 1. The van der Waals surface area contributed by atoms with Gasteiger partial charge in [-0.05, 0) is 43.3 Å². The summed E-state index contributed by atoms with van der Waals surface area (Å²) in [5, 5.41) is 2.83. The normalized spacial score (nSPS) is 10.2. The van der Waals surface area contributed by atoms with Crippen LogP contribution in [0.4, 0.5) is 17.1 Å². The number of ether oxygens (including phenoxy) is 1. The van der Waals surface area contributed by atoms with Gasteiger partial charge in [-0.15, -0.1) is 0 Å². The molecule has 0 saturated heterocycles. The van der Waals surface area contributed by atoms with Crippen LogP contribution in [0.3, 0.4) is 0 Å². The average Bonchev–Trinajstić information content (AvgIpc) is 2.70. The first-order valence-corrected chi connectivity index (χ1v) is 8.45. The molecule has 0 fully saturated rings. The van der Waals surface area contributed by atoms with Gasteiger partial charge in [-0.3, -0.25) is 4.79 Å². The van der Waals surface area contributed by atoms with Crippen LogP contribution in [0.5, 0.6) is 5.75 Å². The number of nitrogens with one attached hydrogen (secondary N) is 1. The molecule has 0 saturated carbocycles. The van der Waals surface area contributed by atoms with Crippen molar-refractivity contribution >= 4 is 23.0 Å². The third-order valence-electron chi connectivity index (χ3n) is 4.00. The quantitative estimate of drug-likeness (QED) is 0.713. The van der Waals surface area contributed by atoms with Crippen molar-refractivity contribution in [2.75, 3.05) is 23.9 Å². The van der Waals surface area contributed by atoms with E-state index in [1.165, 1.54) is 0 Å². The van der Waals surface area contributed by atoms with E-state index >= 15 is 0 Å². The van der Waals surface area contributed by atoms with Crippen LogP contribution in [0, 0.1) is 0 Å². The third-order valence-corrected chi connectivity index (χ3v) is 4.00. The number of methoxy groups -OCH3 is 1. The van der Waals surface area contributed by atoms with Crippen molar-refractivity contribution < 1.29 is 9.53 Å². The standard InChI is InChI=1S/C21H21N3O2/c1-3-24(17-9-5-4-6-10-17)18-12-13-20(22-15-18)21(25)23-16-8-7-11-19(14-16)26-2/h4-15H,3H2,1-2H3,(H,23,25). The van der Waals surface area contributed by atoms with Crippen LogP contribution >= 0.6 is 0 Å². The van der Waals surface area contributed by atoms with Crippen molar-refractivity contribution in [2.45, 2.75) is 6.92 Å². The fraction of sp³-hybridized carbons (Fsp3) is 0.143. The Morgan fingerprint density at radius 2 is 1.85 bits per heavy atom. The van der Waals surface area contributed by atoms with Crippen LogP contribution in [-0.2, 0) is 0 Å². The Labute approximate surface area is 153 Å². The van der Waals surface area contributed by atoms with Crippen molar-refractivity contribution in [2.24, 2.45) is 0 Å². The van der Waals surface area contributed by atoms with E-state index in [2.05, 4.69) is 22.1 Å². The monoisotopic (exact) mass is 347 g/mol. The first-order valence-electron chi connectivity index (χ1n) is 8.45. The number of rotatable bonds is 6. The molecule has 26 heavy (non-hydrogen) atoms. The summed E-state index contributed by atoms with van der Waals surface area (Å²) in [6.07, 6.45) is 1.72. The van der Waals surface area contributed by atoms with Gasteiger partial charge in [0.1, 0.15) is 11.4 Å². The van der Waals surface area contributed by atoms with Gasteiger partial charge in [-0.2, -0.15) is 0 Å². The highest BCUT2D eigenvalue weighted by Crippen LogP contribution is 2.24. The van der Waals surface area contributed by atoms with Gasteiger partial charge in [0.15, 0.2) is 0 Å². The van der Waals surface area contributed by atoms with Gasteiger partial charge in [0.05, 0.1) is 19.0 Å². The molecule has 0 aliphatic carbocycles. The van der Waals surface area contributed by atoms with Gasteiger partial charge in [0.2, 0.25) is 0 Å². The SMILES string of the molecule is CCN(c1ccccc1)c1ccc(C(=O)Nc2cccc(OC)c2)nc1. The lowest BCUT2D eigenvalue weighted by atomic mass is 10.2. The smallest absolute Gasteiger partial charge is 0.274 e. The average molecular weight is 347 g/mol. The van der Waals surface area contributed by atoms with Crippen LogP contribution in [0.1, 0.15) is 17.4 Å². The zero-order valence-electron chi connectivity index (χ0n) is 14.8. The van der Waals surface area contributed by atoms with Gasteiger partial charge in [0.25, 0.3) is 5.91 Å². The van der Waals surface area contributed by atoms with Crippen molar-refractivity contribution in [3.63, 3.8) is 0 Å². The summed E-state index contributed by atoms with van der Waals surface area (Å²) in [7, 11) is 1.59. The topological polar surface area (TPSA) is 54.5 Å². The molecule has 3 rings (SSSR count). The van der Waals surface area contributed by atoms with E-state index in [9.17, 15) is 4.79 Å². The molecule has 0 unspecified atom stereocenters. The highest BCUT2D eigenvalue weighted by molar-refractivity contribution is 6.03. The Bertz CT molecular complexity index is 864. The van der Waals surface area contributed by atoms with E-state index in [1.807, 2.05) is 54.6 Å². The van der Waals surface area contributed by atoms with E-state index < -0.39 is 0 Å². The molecule has 5 nitrogen and oxygen atoms in total. The summed E-state index contributed by atoms with van der Waals surface area (Å²) in [6.45, 7) is 2.89. The zero-order valence-corrected chi connectivity index (χ0v) is 14.8. The summed E-state index contributed by atoms with van der Waals surface area (Å²) >= 11 is 0. The molecule has 1 amide bonds. The maximum Gasteiger partial charge on any atom is 0.274 e. The van der Waals surface area contributed by atoms with Crippen molar-refractivity contribution in [1.82, 2.24) is 4.98 Å². The highest BCUT2D eigenvalue weighted by atomic mass is 16.5.